The van der Waals surface area contributed by atoms with Crippen molar-refractivity contribution < 1.29 is 9.59 Å². The van der Waals surface area contributed by atoms with Gasteiger partial charge in [-0.2, -0.15) is 0 Å². The van der Waals surface area contributed by atoms with Gasteiger partial charge in [0, 0.05) is 24.0 Å². The minimum Gasteiger partial charge on any atom is -0.340 e. The number of anilines is 1. The Balaban J connectivity index is 1.61. The van der Waals surface area contributed by atoms with Crippen LogP contribution in [0.1, 0.15) is 56.1 Å². The van der Waals surface area contributed by atoms with Gasteiger partial charge >= 0.3 is 0 Å². The number of amides is 2. The first kappa shape index (κ1) is 22.4. The van der Waals surface area contributed by atoms with Crippen molar-refractivity contribution in [1.29, 1.82) is 0 Å². The fourth-order valence-electron chi connectivity index (χ4n) is 3.80. The molecule has 2 N–H and O–H groups in total. The van der Waals surface area contributed by atoms with Crippen LogP contribution in [0.3, 0.4) is 0 Å². The molecule has 2 aromatic rings. The second-order valence-electron chi connectivity index (χ2n) is 8.32. The summed E-state index contributed by atoms with van der Waals surface area (Å²) in [6, 6.07) is 8.37. The molecule has 0 bridgehead atoms. The molecule has 1 aliphatic rings. The van der Waals surface area contributed by atoms with E-state index in [4.69, 9.17) is 0 Å². The highest BCUT2D eigenvalue weighted by molar-refractivity contribution is 7.13. The first-order valence-electron chi connectivity index (χ1n) is 10.8. The molecule has 0 spiro atoms. The normalized spacial score (nSPS) is 19.1. The van der Waals surface area contributed by atoms with E-state index in [9.17, 15) is 9.59 Å². The van der Waals surface area contributed by atoms with E-state index in [1.165, 1.54) is 24.2 Å². The predicted molar refractivity (Wildman–Crippen MR) is 122 cm³/mol. The molecule has 1 saturated heterocycles. The van der Waals surface area contributed by atoms with Gasteiger partial charge in [-0.3, -0.25) is 14.5 Å². The number of carbonyl (C=O) groups is 2. The molecule has 3 atom stereocenters. The Morgan fingerprint density at radius 2 is 2.07 bits per heavy atom. The third-order valence-corrected chi connectivity index (χ3v) is 6.53. The quantitative estimate of drug-likeness (QED) is 0.662. The molecule has 1 aliphatic heterocycles. The standard InChI is InChI=1S/C23H32N4O2S/c1-4-17(3)20(25-21(28)18-10-6-5-7-11-18)22(29)26-23-24-19(15-30-23)14-27-12-8-9-16(2)13-27/h5-7,10-11,15-17,20H,4,8-9,12-14H2,1-3H3,(H,25,28)(H,24,26,29)/t16?,17-,20-/m0/s1. The van der Waals surface area contributed by atoms with E-state index in [1.54, 1.807) is 12.1 Å². The Kier molecular flexibility index (Phi) is 7.99. The fourth-order valence-corrected chi connectivity index (χ4v) is 4.50. The predicted octanol–water partition coefficient (Wildman–Crippen LogP) is 4.16. The zero-order chi connectivity index (χ0) is 21.5. The number of carbonyl (C=O) groups excluding carboxylic acids is 2. The number of rotatable bonds is 8. The first-order chi connectivity index (χ1) is 14.5. The van der Waals surface area contributed by atoms with E-state index in [2.05, 4.69) is 27.4 Å². The fraction of sp³-hybridized carbons (Fsp3) is 0.522. The number of nitrogens with one attached hydrogen (secondary N) is 2. The van der Waals surface area contributed by atoms with E-state index in [0.29, 0.717) is 10.7 Å². The maximum absolute atomic E-state index is 13.0. The van der Waals surface area contributed by atoms with Gasteiger partial charge in [-0.1, -0.05) is 45.4 Å². The maximum atomic E-state index is 13.0. The van der Waals surface area contributed by atoms with E-state index in [0.717, 1.165) is 37.7 Å². The Labute approximate surface area is 183 Å². The molecule has 0 aliphatic carbocycles. The van der Waals surface area contributed by atoms with Crippen LogP contribution in [-0.4, -0.2) is 40.8 Å². The molecule has 2 heterocycles. The number of benzene rings is 1. The van der Waals surface area contributed by atoms with Crippen molar-refractivity contribution in [2.24, 2.45) is 11.8 Å². The van der Waals surface area contributed by atoms with Crippen LogP contribution in [0.15, 0.2) is 35.7 Å². The van der Waals surface area contributed by atoms with Gasteiger partial charge in [0.1, 0.15) is 6.04 Å². The van der Waals surface area contributed by atoms with Crippen molar-refractivity contribution in [3.63, 3.8) is 0 Å². The minimum atomic E-state index is -0.613. The van der Waals surface area contributed by atoms with Crippen LogP contribution in [-0.2, 0) is 11.3 Å². The highest BCUT2D eigenvalue weighted by Crippen LogP contribution is 2.21. The lowest BCUT2D eigenvalue weighted by Gasteiger charge is -2.30. The summed E-state index contributed by atoms with van der Waals surface area (Å²) >= 11 is 1.44. The van der Waals surface area contributed by atoms with Crippen LogP contribution in [0.4, 0.5) is 5.13 Å². The summed E-state index contributed by atoms with van der Waals surface area (Å²) in [5.74, 6) is 0.268. The molecule has 30 heavy (non-hydrogen) atoms. The summed E-state index contributed by atoms with van der Waals surface area (Å²) in [5, 5.41) is 8.41. The third kappa shape index (κ3) is 6.12. The van der Waals surface area contributed by atoms with Gasteiger partial charge in [0.2, 0.25) is 5.91 Å². The molecular formula is C23H32N4O2S. The van der Waals surface area contributed by atoms with E-state index >= 15 is 0 Å². The molecule has 1 fully saturated rings. The molecule has 1 aromatic heterocycles. The molecular weight excluding hydrogens is 396 g/mol. The van der Waals surface area contributed by atoms with Gasteiger partial charge in [0.25, 0.3) is 5.91 Å². The number of piperidine rings is 1. The van der Waals surface area contributed by atoms with Gasteiger partial charge in [-0.15, -0.1) is 11.3 Å². The number of hydrogen-bond donors (Lipinski definition) is 2. The smallest absolute Gasteiger partial charge is 0.251 e. The van der Waals surface area contributed by atoms with E-state index in [1.807, 2.05) is 37.4 Å². The molecule has 0 radical (unpaired) electrons. The van der Waals surface area contributed by atoms with Crippen molar-refractivity contribution in [2.75, 3.05) is 18.4 Å². The van der Waals surface area contributed by atoms with Crippen molar-refractivity contribution in [1.82, 2.24) is 15.2 Å². The number of thiazole rings is 1. The number of likely N-dealkylation sites (tertiary alicyclic amines) is 1. The molecule has 0 saturated carbocycles. The van der Waals surface area contributed by atoms with E-state index < -0.39 is 6.04 Å². The van der Waals surface area contributed by atoms with Gasteiger partial charge < -0.3 is 10.6 Å². The Morgan fingerprint density at radius 3 is 2.77 bits per heavy atom. The van der Waals surface area contributed by atoms with Crippen LogP contribution < -0.4 is 10.6 Å². The van der Waals surface area contributed by atoms with Gasteiger partial charge in [-0.25, -0.2) is 4.98 Å². The lowest BCUT2D eigenvalue weighted by Crippen LogP contribution is -2.47. The largest absolute Gasteiger partial charge is 0.340 e. The van der Waals surface area contributed by atoms with Crippen LogP contribution in [0, 0.1) is 11.8 Å². The molecule has 1 unspecified atom stereocenters. The SMILES string of the molecule is CC[C@H](C)[C@H](NC(=O)c1ccccc1)C(=O)Nc1nc(CN2CCCC(C)C2)cs1. The average molecular weight is 429 g/mol. The zero-order valence-electron chi connectivity index (χ0n) is 18.1. The summed E-state index contributed by atoms with van der Waals surface area (Å²) in [7, 11) is 0. The van der Waals surface area contributed by atoms with Crippen LogP contribution in [0.5, 0.6) is 0 Å². The lowest BCUT2D eigenvalue weighted by atomic mass is 9.98. The topological polar surface area (TPSA) is 74.3 Å². The van der Waals surface area contributed by atoms with E-state index in [-0.39, 0.29) is 17.7 Å². The molecule has 6 nitrogen and oxygen atoms in total. The van der Waals surface area contributed by atoms with Crippen LogP contribution >= 0.6 is 11.3 Å². The van der Waals surface area contributed by atoms with Gasteiger partial charge in [0.05, 0.1) is 5.69 Å². The van der Waals surface area contributed by atoms with Gasteiger partial charge in [-0.05, 0) is 43.4 Å². The van der Waals surface area contributed by atoms with Crippen molar-refractivity contribution in [3.8, 4) is 0 Å². The summed E-state index contributed by atoms with van der Waals surface area (Å²) in [5.41, 5.74) is 1.53. The van der Waals surface area contributed by atoms with Crippen LogP contribution in [0.2, 0.25) is 0 Å². The third-order valence-electron chi connectivity index (χ3n) is 5.73. The first-order valence-corrected chi connectivity index (χ1v) is 11.7. The van der Waals surface area contributed by atoms with Crippen LogP contribution in [0.25, 0.3) is 0 Å². The summed E-state index contributed by atoms with van der Waals surface area (Å²) in [6.07, 6.45) is 3.30. The molecule has 1 aromatic carbocycles. The molecule has 7 heteroatoms. The van der Waals surface area contributed by atoms with Gasteiger partial charge in [0.15, 0.2) is 5.13 Å². The molecule has 2 amide bonds. The summed E-state index contributed by atoms with van der Waals surface area (Å²) in [6.45, 7) is 9.29. The average Bonchev–Trinajstić information content (AvgIpc) is 3.18. The second-order valence-corrected chi connectivity index (χ2v) is 9.18. The lowest BCUT2D eigenvalue weighted by molar-refractivity contribution is -0.119. The van der Waals surface area contributed by atoms with Crippen molar-refractivity contribution >= 4 is 28.3 Å². The Morgan fingerprint density at radius 1 is 1.30 bits per heavy atom. The number of aromatic nitrogens is 1. The van der Waals surface area contributed by atoms with Crippen molar-refractivity contribution in [2.45, 2.75) is 52.6 Å². The highest BCUT2D eigenvalue weighted by atomic mass is 32.1. The molecule has 3 rings (SSSR count). The highest BCUT2D eigenvalue weighted by Gasteiger charge is 2.27. The number of nitrogens with zero attached hydrogens (tertiary/aromatic N) is 2. The monoisotopic (exact) mass is 428 g/mol. The molecule has 162 valence electrons. The summed E-state index contributed by atoms with van der Waals surface area (Å²) in [4.78, 5) is 32.6. The summed E-state index contributed by atoms with van der Waals surface area (Å²) < 4.78 is 0. The Bertz CT molecular complexity index is 839. The maximum Gasteiger partial charge on any atom is 0.251 e. The zero-order valence-corrected chi connectivity index (χ0v) is 18.9. The minimum absolute atomic E-state index is 0.00642. The van der Waals surface area contributed by atoms with Crippen molar-refractivity contribution in [3.05, 3.63) is 47.0 Å². The second kappa shape index (κ2) is 10.7. The Hall–Kier alpha value is -2.25. The number of hydrogen-bond acceptors (Lipinski definition) is 5.